The molecule has 0 atom stereocenters. The lowest BCUT2D eigenvalue weighted by molar-refractivity contribution is -0.135. The van der Waals surface area contributed by atoms with Gasteiger partial charge >= 0.3 is 5.97 Å². The quantitative estimate of drug-likeness (QED) is 0.333. The van der Waals surface area contributed by atoms with E-state index in [1.165, 1.54) is 6.92 Å². The molecule has 0 aliphatic heterocycles. The van der Waals surface area contributed by atoms with Crippen molar-refractivity contribution in [2.75, 3.05) is 11.9 Å². The molecule has 6 nitrogen and oxygen atoms in total. The molecule has 6 heteroatoms. The first-order valence-corrected chi connectivity index (χ1v) is 4.54. The lowest BCUT2D eigenvalue weighted by Crippen LogP contribution is -2.26. The van der Waals surface area contributed by atoms with E-state index in [1.54, 1.807) is 0 Å². The summed E-state index contributed by atoms with van der Waals surface area (Å²) in [6.45, 7) is 1.31. The first-order chi connectivity index (χ1) is 7.56. The monoisotopic (exact) mass is 225 g/mol. The number of carbonyl (C=O) groups is 2. The highest BCUT2D eigenvalue weighted by Gasteiger charge is 1.94. The van der Waals surface area contributed by atoms with Crippen molar-refractivity contribution >= 4 is 17.6 Å². The van der Waals surface area contributed by atoms with E-state index in [0.29, 0.717) is 0 Å². The molecule has 0 spiro atoms. The highest BCUT2D eigenvalue weighted by molar-refractivity contribution is 5.72. The van der Waals surface area contributed by atoms with E-state index in [4.69, 9.17) is 5.11 Å². The second kappa shape index (κ2) is 8.25. The van der Waals surface area contributed by atoms with Crippen molar-refractivity contribution in [2.45, 2.75) is 6.92 Å². The van der Waals surface area contributed by atoms with Gasteiger partial charge < -0.3 is 10.4 Å². The van der Waals surface area contributed by atoms with Crippen LogP contribution in [-0.2, 0) is 9.59 Å². The first-order valence-electron chi connectivity index (χ1n) is 4.54. The molecule has 1 aromatic carbocycles. The molecular formula is C10H15N3O3. The van der Waals surface area contributed by atoms with E-state index in [2.05, 4.69) is 11.2 Å². The zero-order valence-electron chi connectivity index (χ0n) is 8.93. The smallest absolute Gasteiger partial charge is 0.322 e. The number of benzene rings is 1. The highest BCUT2D eigenvalue weighted by atomic mass is 16.4. The maximum atomic E-state index is 10.1. The average Bonchev–Trinajstić information content (AvgIpc) is 2.28. The van der Waals surface area contributed by atoms with Gasteiger partial charge in [-0.15, -0.1) is 0 Å². The number of aliphatic carboxylic acids is 1. The van der Waals surface area contributed by atoms with Crippen LogP contribution in [0.5, 0.6) is 0 Å². The number of nitrogens with one attached hydrogen (secondary N) is 2. The van der Waals surface area contributed by atoms with Crippen molar-refractivity contribution in [3.63, 3.8) is 0 Å². The highest BCUT2D eigenvalue weighted by Crippen LogP contribution is 2.03. The minimum absolute atomic E-state index is 0.0377. The van der Waals surface area contributed by atoms with Gasteiger partial charge in [0.15, 0.2) is 0 Å². The number of carboxylic acid groups (broad SMARTS) is 1. The molecule has 1 aromatic rings. The van der Waals surface area contributed by atoms with Crippen molar-refractivity contribution in [3.8, 4) is 0 Å². The number of hydrazine groups is 1. The van der Waals surface area contributed by atoms with Crippen LogP contribution in [0.4, 0.5) is 5.69 Å². The molecular weight excluding hydrogens is 210 g/mol. The van der Waals surface area contributed by atoms with Gasteiger partial charge in [-0.05, 0) is 12.1 Å². The Morgan fingerprint density at radius 2 is 1.81 bits per heavy atom. The molecule has 0 radical (unpaired) electrons. The molecule has 0 aromatic heterocycles. The summed E-state index contributed by atoms with van der Waals surface area (Å²) in [5.41, 5.74) is 2.72. The molecule has 0 fully saturated rings. The van der Waals surface area contributed by atoms with Crippen LogP contribution in [0.15, 0.2) is 30.3 Å². The molecule has 1 amide bonds. The van der Waals surface area contributed by atoms with Crippen LogP contribution in [0.25, 0.3) is 0 Å². The topological polar surface area (TPSA) is 104 Å². The lowest BCUT2D eigenvalue weighted by atomic mass is 10.3. The van der Waals surface area contributed by atoms with Crippen molar-refractivity contribution in [3.05, 3.63) is 30.3 Å². The molecule has 0 bridgehead atoms. The Kier molecular flexibility index (Phi) is 7.17. The maximum absolute atomic E-state index is 10.1. The van der Waals surface area contributed by atoms with Crippen LogP contribution in [-0.4, -0.2) is 23.5 Å². The van der Waals surface area contributed by atoms with Gasteiger partial charge in [0.05, 0.1) is 0 Å². The fourth-order valence-electron chi connectivity index (χ4n) is 0.734. The average molecular weight is 225 g/mol. The van der Waals surface area contributed by atoms with Crippen molar-refractivity contribution in [2.24, 2.45) is 5.84 Å². The summed E-state index contributed by atoms with van der Waals surface area (Å²) in [6, 6.07) is 9.23. The number of amides is 1. The van der Waals surface area contributed by atoms with Gasteiger partial charge in [-0.2, -0.15) is 0 Å². The normalized spacial score (nSPS) is 8.38. The van der Waals surface area contributed by atoms with Crippen molar-refractivity contribution < 1.29 is 14.7 Å². The summed E-state index contributed by atoms with van der Waals surface area (Å²) in [7, 11) is 0. The molecule has 0 saturated heterocycles. The third-order valence-electron chi connectivity index (χ3n) is 1.42. The first kappa shape index (κ1) is 13.9. The number of hydrogen-bond acceptors (Lipinski definition) is 4. The second-order valence-electron chi connectivity index (χ2n) is 2.81. The van der Waals surface area contributed by atoms with Crippen molar-refractivity contribution in [1.82, 2.24) is 5.43 Å². The van der Waals surface area contributed by atoms with Crippen LogP contribution in [0.2, 0.25) is 0 Å². The maximum Gasteiger partial charge on any atom is 0.322 e. The summed E-state index contributed by atoms with van der Waals surface area (Å²) in [6.07, 6.45) is 0. The van der Waals surface area contributed by atoms with Crippen LogP contribution in [0.3, 0.4) is 0 Å². The molecule has 88 valence electrons. The lowest BCUT2D eigenvalue weighted by Gasteiger charge is -2.00. The Morgan fingerprint density at radius 3 is 2.19 bits per heavy atom. The molecule has 0 aliphatic carbocycles. The Hall–Kier alpha value is -2.08. The number of hydrogen-bond donors (Lipinski definition) is 4. The summed E-state index contributed by atoms with van der Waals surface area (Å²) >= 11 is 0. The third-order valence-corrected chi connectivity index (χ3v) is 1.42. The standard InChI is InChI=1S/C8H9NO2.C2H6N2O/c10-8(11)6-9-7-4-2-1-3-5-7;1-2(5)4-3/h1-5,9H,6H2,(H,10,11);3H2,1H3,(H,4,5). The molecule has 0 heterocycles. The number of carbonyl (C=O) groups excluding carboxylic acids is 1. The molecule has 5 N–H and O–H groups in total. The number of rotatable bonds is 3. The Balaban J connectivity index is 0.000000385. The minimum atomic E-state index is -0.853. The molecule has 0 aliphatic rings. The Labute approximate surface area is 93.4 Å². The van der Waals surface area contributed by atoms with Gasteiger partial charge in [0, 0.05) is 12.6 Å². The minimum Gasteiger partial charge on any atom is -0.480 e. The number of carboxylic acids is 1. The fourth-order valence-corrected chi connectivity index (χ4v) is 0.734. The Bertz CT molecular complexity index is 327. The van der Waals surface area contributed by atoms with Crippen LogP contribution in [0.1, 0.15) is 6.92 Å². The van der Waals surface area contributed by atoms with Gasteiger partial charge in [-0.25, -0.2) is 5.84 Å². The number of anilines is 1. The second-order valence-corrected chi connectivity index (χ2v) is 2.81. The van der Waals surface area contributed by atoms with E-state index in [0.717, 1.165) is 5.69 Å². The molecule has 0 saturated carbocycles. The molecule has 16 heavy (non-hydrogen) atoms. The Morgan fingerprint density at radius 1 is 1.31 bits per heavy atom. The zero-order chi connectivity index (χ0) is 12.4. The summed E-state index contributed by atoms with van der Waals surface area (Å²) in [4.78, 5) is 19.7. The summed E-state index contributed by atoms with van der Waals surface area (Å²) in [5.74, 6) is 3.50. The number of para-hydroxylation sites is 1. The van der Waals surface area contributed by atoms with E-state index >= 15 is 0 Å². The summed E-state index contributed by atoms with van der Waals surface area (Å²) < 4.78 is 0. The van der Waals surface area contributed by atoms with Crippen LogP contribution in [0, 0.1) is 0 Å². The third kappa shape index (κ3) is 8.52. The fraction of sp³-hybridized carbons (Fsp3) is 0.200. The predicted octanol–water partition coefficient (Wildman–Crippen LogP) is 0.179. The predicted molar refractivity (Wildman–Crippen MR) is 60.6 cm³/mol. The van der Waals surface area contributed by atoms with E-state index in [-0.39, 0.29) is 12.5 Å². The van der Waals surface area contributed by atoms with Gasteiger partial charge in [0.25, 0.3) is 0 Å². The zero-order valence-corrected chi connectivity index (χ0v) is 8.93. The van der Waals surface area contributed by atoms with Crippen molar-refractivity contribution in [1.29, 1.82) is 0 Å². The van der Waals surface area contributed by atoms with Gasteiger partial charge in [-0.3, -0.25) is 15.0 Å². The van der Waals surface area contributed by atoms with Gasteiger partial charge in [0.1, 0.15) is 6.54 Å². The summed E-state index contributed by atoms with van der Waals surface area (Å²) in [5, 5.41) is 11.1. The number of nitrogens with two attached hydrogens (primary N) is 1. The largest absolute Gasteiger partial charge is 0.480 e. The van der Waals surface area contributed by atoms with E-state index in [1.807, 2.05) is 35.8 Å². The van der Waals surface area contributed by atoms with Crippen LogP contribution >= 0.6 is 0 Å². The SMILES string of the molecule is CC(=O)NN.O=C(O)CNc1ccccc1. The van der Waals surface area contributed by atoms with Crippen LogP contribution < -0.4 is 16.6 Å². The molecule has 1 rings (SSSR count). The van der Waals surface area contributed by atoms with E-state index in [9.17, 15) is 9.59 Å². The van der Waals surface area contributed by atoms with E-state index < -0.39 is 5.97 Å². The van der Waals surface area contributed by atoms with Gasteiger partial charge in [0.2, 0.25) is 5.91 Å². The van der Waals surface area contributed by atoms with Gasteiger partial charge in [-0.1, -0.05) is 18.2 Å². The molecule has 0 unspecified atom stereocenters.